The second-order valence-electron chi connectivity index (χ2n) is 4.57. The predicted molar refractivity (Wildman–Crippen MR) is 80.4 cm³/mol. The highest BCUT2D eigenvalue weighted by atomic mass is 28.4. The number of rotatable bonds is 8. The summed E-state index contributed by atoms with van der Waals surface area (Å²) in [4.78, 5) is 0. The first-order valence-electron chi connectivity index (χ1n) is 6.00. The first-order chi connectivity index (χ1) is 8.81. The van der Waals surface area contributed by atoms with E-state index in [9.17, 15) is 0 Å². The lowest BCUT2D eigenvalue weighted by molar-refractivity contribution is 0.0687. The highest BCUT2D eigenvalue weighted by Crippen LogP contribution is 2.18. The SMILES string of the molecule is C=CC[Si](ON=C(C)C)(ON=C(C)C)ON=C(C)C. The Morgan fingerprint density at radius 3 is 1.37 bits per heavy atom. The van der Waals surface area contributed by atoms with Gasteiger partial charge in [0.15, 0.2) is 0 Å². The largest absolute Gasteiger partial charge is 0.766 e. The van der Waals surface area contributed by atoms with Crippen LogP contribution in [0, 0.1) is 0 Å². The summed E-state index contributed by atoms with van der Waals surface area (Å²) in [6.07, 6.45) is 1.65. The molecule has 0 aromatic carbocycles. The van der Waals surface area contributed by atoms with Crippen molar-refractivity contribution in [3.05, 3.63) is 12.7 Å². The fraction of sp³-hybridized carbons (Fsp3) is 0.583. The van der Waals surface area contributed by atoms with Gasteiger partial charge in [-0.05, 0) is 41.5 Å². The molecule has 0 saturated heterocycles. The van der Waals surface area contributed by atoms with E-state index in [2.05, 4.69) is 22.0 Å². The monoisotopic (exact) mass is 285 g/mol. The zero-order valence-corrected chi connectivity index (χ0v) is 13.6. The third-order valence-corrected chi connectivity index (χ3v) is 3.39. The first-order valence-corrected chi connectivity index (χ1v) is 7.93. The van der Waals surface area contributed by atoms with Crippen LogP contribution in [-0.4, -0.2) is 25.9 Å². The van der Waals surface area contributed by atoms with Gasteiger partial charge in [0, 0.05) is 17.1 Å². The number of oxime groups is 3. The molecule has 0 atom stereocenters. The van der Waals surface area contributed by atoms with Crippen LogP contribution >= 0.6 is 0 Å². The standard InChI is InChI=1S/C12H23N3O3Si/c1-8-9-19(16-13-10(2)3,17-14-11(4)5)18-15-12(6)7/h8H,1,9H2,2-7H3. The van der Waals surface area contributed by atoms with Gasteiger partial charge in [0.1, 0.15) is 0 Å². The lowest BCUT2D eigenvalue weighted by Crippen LogP contribution is -2.41. The number of allylic oxidation sites excluding steroid dienone is 1. The maximum absolute atomic E-state index is 5.43. The van der Waals surface area contributed by atoms with Gasteiger partial charge in [0.05, 0.1) is 6.04 Å². The van der Waals surface area contributed by atoms with Crippen LogP contribution in [0.4, 0.5) is 0 Å². The summed E-state index contributed by atoms with van der Waals surface area (Å²) in [5, 5.41) is 11.7. The van der Waals surface area contributed by atoms with E-state index >= 15 is 0 Å². The third-order valence-electron chi connectivity index (χ3n) is 1.50. The van der Waals surface area contributed by atoms with E-state index in [0.29, 0.717) is 6.04 Å². The van der Waals surface area contributed by atoms with Gasteiger partial charge >= 0.3 is 8.80 Å². The molecule has 19 heavy (non-hydrogen) atoms. The maximum Gasteiger partial charge on any atom is 0.766 e. The number of nitrogens with zero attached hydrogens (tertiary/aromatic N) is 3. The summed E-state index contributed by atoms with van der Waals surface area (Å²) in [7, 11) is -3.16. The molecule has 0 aliphatic carbocycles. The van der Waals surface area contributed by atoms with Crippen molar-refractivity contribution in [1.82, 2.24) is 0 Å². The van der Waals surface area contributed by atoms with Gasteiger partial charge in [0.25, 0.3) is 0 Å². The predicted octanol–water partition coefficient (Wildman–Crippen LogP) is 3.35. The molecule has 0 radical (unpaired) electrons. The van der Waals surface area contributed by atoms with Crippen LogP contribution in [0.15, 0.2) is 28.1 Å². The van der Waals surface area contributed by atoms with E-state index in [1.54, 1.807) is 6.08 Å². The molecule has 0 rings (SSSR count). The summed E-state index contributed by atoms with van der Waals surface area (Å²) >= 11 is 0. The summed E-state index contributed by atoms with van der Waals surface area (Å²) in [5.41, 5.74) is 2.26. The molecule has 0 amide bonds. The molecular weight excluding hydrogens is 262 g/mol. The average Bonchev–Trinajstić information content (AvgIpc) is 2.31. The van der Waals surface area contributed by atoms with Gasteiger partial charge < -0.3 is 13.6 Å². The van der Waals surface area contributed by atoms with Crippen LogP contribution < -0.4 is 0 Å². The van der Waals surface area contributed by atoms with Crippen molar-refractivity contribution in [2.45, 2.75) is 47.6 Å². The Labute approximate surface area is 116 Å². The highest BCUT2D eigenvalue weighted by Gasteiger charge is 2.50. The van der Waals surface area contributed by atoms with Crippen molar-refractivity contribution in [2.75, 3.05) is 0 Å². The lowest BCUT2D eigenvalue weighted by atomic mass is 10.5. The van der Waals surface area contributed by atoms with Crippen molar-refractivity contribution in [2.24, 2.45) is 15.5 Å². The van der Waals surface area contributed by atoms with E-state index in [1.165, 1.54) is 0 Å². The molecule has 0 aliphatic heterocycles. The summed E-state index contributed by atoms with van der Waals surface area (Å²) in [6.45, 7) is 14.6. The molecule has 0 heterocycles. The highest BCUT2D eigenvalue weighted by molar-refractivity contribution is 6.61. The van der Waals surface area contributed by atoms with Crippen molar-refractivity contribution in [3.8, 4) is 0 Å². The van der Waals surface area contributed by atoms with Gasteiger partial charge in [0.2, 0.25) is 0 Å². The van der Waals surface area contributed by atoms with Crippen LogP contribution in [0.2, 0.25) is 6.04 Å². The van der Waals surface area contributed by atoms with Crippen molar-refractivity contribution in [3.63, 3.8) is 0 Å². The molecule has 0 bridgehead atoms. The molecule has 0 saturated carbocycles. The Hall–Kier alpha value is -1.63. The normalized spacial score (nSPS) is 10.0. The number of hydrogen-bond acceptors (Lipinski definition) is 6. The van der Waals surface area contributed by atoms with E-state index in [-0.39, 0.29) is 0 Å². The Kier molecular flexibility index (Phi) is 7.74. The maximum atomic E-state index is 5.43. The molecular formula is C12H23N3O3Si. The van der Waals surface area contributed by atoms with Gasteiger partial charge in [-0.25, -0.2) is 0 Å². The minimum absolute atomic E-state index is 0.358. The zero-order valence-electron chi connectivity index (χ0n) is 12.6. The van der Waals surface area contributed by atoms with E-state index in [0.717, 1.165) is 17.1 Å². The lowest BCUT2D eigenvalue weighted by Gasteiger charge is -2.20. The molecule has 6 nitrogen and oxygen atoms in total. The van der Waals surface area contributed by atoms with Crippen molar-refractivity contribution in [1.29, 1.82) is 0 Å². The molecule has 0 fully saturated rings. The second-order valence-corrected chi connectivity index (χ2v) is 6.89. The molecule has 0 unspecified atom stereocenters. The van der Waals surface area contributed by atoms with Gasteiger partial charge in [-0.2, -0.15) is 0 Å². The van der Waals surface area contributed by atoms with E-state index in [4.69, 9.17) is 13.6 Å². The molecule has 0 spiro atoms. The first kappa shape index (κ1) is 17.4. The minimum Gasteiger partial charge on any atom is -0.373 e. The molecule has 7 heteroatoms. The van der Waals surface area contributed by atoms with E-state index < -0.39 is 8.80 Å². The summed E-state index contributed by atoms with van der Waals surface area (Å²) in [5.74, 6) is 0. The van der Waals surface area contributed by atoms with Crippen LogP contribution in [0.5, 0.6) is 0 Å². The third kappa shape index (κ3) is 8.14. The van der Waals surface area contributed by atoms with Crippen molar-refractivity contribution < 1.29 is 13.6 Å². The second kappa shape index (κ2) is 8.47. The molecule has 0 aromatic heterocycles. The van der Waals surface area contributed by atoms with Crippen molar-refractivity contribution >= 4 is 25.9 Å². The van der Waals surface area contributed by atoms with Gasteiger partial charge in [-0.15, -0.1) is 22.0 Å². The molecule has 108 valence electrons. The molecule has 0 aromatic rings. The van der Waals surface area contributed by atoms with Crippen LogP contribution in [-0.2, 0) is 13.6 Å². The van der Waals surface area contributed by atoms with Crippen LogP contribution in [0.3, 0.4) is 0 Å². The molecule has 0 N–H and O–H groups in total. The fourth-order valence-electron chi connectivity index (χ4n) is 0.821. The topological polar surface area (TPSA) is 64.8 Å². The minimum atomic E-state index is -3.16. The zero-order chi connectivity index (χ0) is 14.9. The summed E-state index contributed by atoms with van der Waals surface area (Å²) in [6, 6.07) is 0.358. The summed E-state index contributed by atoms with van der Waals surface area (Å²) < 4.78 is 16.3. The van der Waals surface area contributed by atoms with Gasteiger partial charge in [-0.1, -0.05) is 6.08 Å². The Balaban J connectivity index is 5.19. The average molecular weight is 285 g/mol. The Bertz CT molecular complexity index is 329. The smallest absolute Gasteiger partial charge is 0.373 e. The van der Waals surface area contributed by atoms with Crippen LogP contribution in [0.25, 0.3) is 0 Å². The van der Waals surface area contributed by atoms with E-state index in [1.807, 2.05) is 41.5 Å². The van der Waals surface area contributed by atoms with Gasteiger partial charge in [-0.3, -0.25) is 0 Å². The quantitative estimate of drug-likeness (QED) is 0.297. The Morgan fingerprint density at radius 1 is 0.842 bits per heavy atom. The van der Waals surface area contributed by atoms with Crippen LogP contribution in [0.1, 0.15) is 41.5 Å². The fourth-order valence-corrected chi connectivity index (χ4v) is 2.46. The number of hydrogen-bond donors (Lipinski definition) is 0. The Morgan fingerprint density at radius 2 is 1.16 bits per heavy atom. The molecule has 0 aliphatic rings.